The zero-order chi connectivity index (χ0) is 15.4. The van der Waals surface area contributed by atoms with E-state index < -0.39 is 0 Å². The van der Waals surface area contributed by atoms with Crippen LogP contribution in [0.2, 0.25) is 0 Å². The summed E-state index contributed by atoms with van der Waals surface area (Å²) in [6, 6.07) is 3.77. The zero-order valence-electron chi connectivity index (χ0n) is 12.3. The standard InChI is InChI=1S/C15H19BrN2O3/c1-3-11-8-12(16)9-13(21-2)14(11)15(20)18-6-4-17(10-19)5-7-18/h8-10H,3-7H2,1-2H3. The van der Waals surface area contributed by atoms with Crippen molar-refractivity contribution in [2.24, 2.45) is 0 Å². The highest BCUT2D eigenvalue weighted by molar-refractivity contribution is 9.10. The zero-order valence-corrected chi connectivity index (χ0v) is 13.9. The van der Waals surface area contributed by atoms with E-state index >= 15 is 0 Å². The third-order valence-electron chi connectivity index (χ3n) is 3.71. The van der Waals surface area contributed by atoms with E-state index in [1.165, 1.54) is 0 Å². The van der Waals surface area contributed by atoms with Gasteiger partial charge in [0.25, 0.3) is 5.91 Å². The predicted octanol–water partition coefficient (Wildman–Crippen LogP) is 1.93. The summed E-state index contributed by atoms with van der Waals surface area (Å²) in [5, 5.41) is 0. The average molecular weight is 355 g/mol. The molecule has 114 valence electrons. The number of halogens is 1. The van der Waals surface area contributed by atoms with Crippen LogP contribution in [-0.4, -0.2) is 55.4 Å². The molecular weight excluding hydrogens is 336 g/mol. The van der Waals surface area contributed by atoms with Gasteiger partial charge >= 0.3 is 0 Å². The molecule has 5 nitrogen and oxygen atoms in total. The highest BCUT2D eigenvalue weighted by Crippen LogP contribution is 2.29. The molecule has 1 saturated heterocycles. The maximum absolute atomic E-state index is 12.8. The molecule has 21 heavy (non-hydrogen) atoms. The molecule has 1 aliphatic rings. The smallest absolute Gasteiger partial charge is 0.258 e. The van der Waals surface area contributed by atoms with Gasteiger partial charge in [-0.15, -0.1) is 0 Å². The SMILES string of the molecule is CCc1cc(Br)cc(OC)c1C(=O)N1CCN(C=O)CC1. The Morgan fingerprint density at radius 1 is 1.33 bits per heavy atom. The fourth-order valence-corrected chi connectivity index (χ4v) is 2.99. The van der Waals surface area contributed by atoms with E-state index in [2.05, 4.69) is 15.9 Å². The number of piperazine rings is 1. The lowest BCUT2D eigenvalue weighted by atomic mass is 10.0. The molecule has 2 rings (SSSR count). The molecule has 0 radical (unpaired) electrons. The van der Waals surface area contributed by atoms with E-state index in [1.807, 2.05) is 19.1 Å². The third kappa shape index (κ3) is 3.37. The molecule has 0 bridgehead atoms. The minimum absolute atomic E-state index is 0.0262. The van der Waals surface area contributed by atoms with Crippen molar-refractivity contribution in [1.29, 1.82) is 0 Å². The monoisotopic (exact) mass is 354 g/mol. The summed E-state index contributed by atoms with van der Waals surface area (Å²) in [5.41, 5.74) is 1.59. The second kappa shape index (κ2) is 6.93. The van der Waals surface area contributed by atoms with Crippen molar-refractivity contribution in [3.8, 4) is 5.75 Å². The number of carbonyl (C=O) groups is 2. The van der Waals surface area contributed by atoms with E-state index in [1.54, 1.807) is 16.9 Å². The van der Waals surface area contributed by atoms with Crippen LogP contribution in [0.15, 0.2) is 16.6 Å². The number of hydrogen-bond acceptors (Lipinski definition) is 3. The van der Waals surface area contributed by atoms with Crippen molar-refractivity contribution in [2.45, 2.75) is 13.3 Å². The molecule has 6 heteroatoms. The van der Waals surface area contributed by atoms with Gasteiger partial charge < -0.3 is 14.5 Å². The van der Waals surface area contributed by atoms with Gasteiger partial charge in [0, 0.05) is 30.7 Å². The molecule has 2 amide bonds. The van der Waals surface area contributed by atoms with Crippen molar-refractivity contribution >= 4 is 28.2 Å². The molecule has 0 aromatic heterocycles. The summed E-state index contributed by atoms with van der Waals surface area (Å²) in [4.78, 5) is 27.0. The van der Waals surface area contributed by atoms with Gasteiger partial charge in [-0.3, -0.25) is 9.59 Å². The number of rotatable bonds is 4. The van der Waals surface area contributed by atoms with Crippen molar-refractivity contribution in [3.63, 3.8) is 0 Å². The number of ether oxygens (including phenoxy) is 1. The van der Waals surface area contributed by atoms with Gasteiger partial charge in [0.1, 0.15) is 5.75 Å². The lowest BCUT2D eigenvalue weighted by molar-refractivity contribution is -0.119. The number of nitrogens with zero attached hydrogens (tertiary/aromatic N) is 2. The number of carbonyl (C=O) groups excluding carboxylic acids is 2. The van der Waals surface area contributed by atoms with Gasteiger partial charge in [0.2, 0.25) is 6.41 Å². The summed E-state index contributed by atoms with van der Waals surface area (Å²) < 4.78 is 6.28. The summed E-state index contributed by atoms with van der Waals surface area (Å²) in [6.45, 7) is 4.29. The Bertz CT molecular complexity index is 515. The molecule has 0 aliphatic carbocycles. The first kappa shape index (κ1) is 15.8. The Hall–Kier alpha value is -1.56. The molecule has 1 aromatic carbocycles. The minimum atomic E-state index is -0.0262. The van der Waals surface area contributed by atoms with Crippen LogP contribution in [-0.2, 0) is 11.2 Å². The van der Waals surface area contributed by atoms with Crippen LogP contribution in [0.1, 0.15) is 22.8 Å². The number of benzene rings is 1. The highest BCUT2D eigenvalue weighted by atomic mass is 79.9. The van der Waals surface area contributed by atoms with E-state index in [0.29, 0.717) is 37.5 Å². The first-order valence-corrected chi connectivity index (χ1v) is 7.75. The summed E-state index contributed by atoms with van der Waals surface area (Å²) in [5.74, 6) is 0.561. The Morgan fingerprint density at radius 3 is 2.52 bits per heavy atom. The summed E-state index contributed by atoms with van der Waals surface area (Å²) >= 11 is 3.44. The van der Waals surface area contributed by atoms with Gasteiger partial charge in [0.05, 0.1) is 12.7 Å². The Kier molecular flexibility index (Phi) is 5.22. The molecule has 0 N–H and O–H groups in total. The van der Waals surface area contributed by atoms with Crippen LogP contribution in [0.4, 0.5) is 0 Å². The van der Waals surface area contributed by atoms with Gasteiger partial charge in [-0.05, 0) is 24.1 Å². The van der Waals surface area contributed by atoms with Gasteiger partial charge in [-0.2, -0.15) is 0 Å². The molecule has 1 aliphatic heterocycles. The van der Waals surface area contributed by atoms with Crippen LogP contribution < -0.4 is 4.74 Å². The van der Waals surface area contributed by atoms with Crippen molar-refractivity contribution in [2.75, 3.05) is 33.3 Å². The second-order valence-electron chi connectivity index (χ2n) is 4.93. The molecule has 0 atom stereocenters. The third-order valence-corrected chi connectivity index (χ3v) is 4.17. The largest absolute Gasteiger partial charge is 0.496 e. The minimum Gasteiger partial charge on any atom is -0.496 e. The van der Waals surface area contributed by atoms with E-state index in [-0.39, 0.29) is 5.91 Å². The Balaban J connectivity index is 2.28. The summed E-state index contributed by atoms with van der Waals surface area (Å²) in [6.07, 6.45) is 1.59. The fraction of sp³-hybridized carbons (Fsp3) is 0.467. The highest BCUT2D eigenvalue weighted by Gasteiger charge is 2.26. The molecular formula is C15H19BrN2O3. The van der Waals surface area contributed by atoms with E-state index in [9.17, 15) is 9.59 Å². The molecule has 0 spiro atoms. The first-order valence-electron chi connectivity index (χ1n) is 6.95. The Morgan fingerprint density at radius 2 is 2.00 bits per heavy atom. The van der Waals surface area contributed by atoms with Crippen molar-refractivity contribution in [3.05, 3.63) is 27.7 Å². The predicted molar refractivity (Wildman–Crippen MR) is 83.6 cm³/mol. The van der Waals surface area contributed by atoms with Crippen LogP contribution in [0, 0.1) is 0 Å². The second-order valence-corrected chi connectivity index (χ2v) is 5.84. The number of amides is 2. The molecule has 0 saturated carbocycles. The van der Waals surface area contributed by atoms with E-state index in [0.717, 1.165) is 22.9 Å². The molecule has 1 heterocycles. The van der Waals surface area contributed by atoms with Crippen LogP contribution in [0.25, 0.3) is 0 Å². The lowest BCUT2D eigenvalue weighted by Gasteiger charge is -2.33. The van der Waals surface area contributed by atoms with Gasteiger partial charge in [-0.25, -0.2) is 0 Å². The van der Waals surface area contributed by atoms with E-state index in [4.69, 9.17) is 4.74 Å². The van der Waals surface area contributed by atoms with Gasteiger partial charge in [-0.1, -0.05) is 22.9 Å². The maximum atomic E-state index is 12.8. The van der Waals surface area contributed by atoms with Crippen LogP contribution >= 0.6 is 15.9 Å². The quantitative estimate of drug-likeness (QED) is 0.776. The van der Waals surface area contributed by atoms with Crippen molar-refractivity contribution < 1.29 is 14.3 Å². The van der Waals surface area contributed by atoms with Crippen molar-refractivity contribution in [1.82, 2.24) is 9.80 Å². The number of aryl methyl sites for hydroxylation is 1. The fourth-order valence-electron chi connectivity index (χ4n) is 2.51. The van der Waals surface area contributed by atoms with Crippen LogP contribution in [0.5, 0.6) is 5.75 Å². The average Bonchev–Trinajstić information content (AvgIpc) is 2.53. The number of hydrogen-bond donors (Lipinski definition) is 0. The maximum Gasteiger partial charge on any atom is 0.258 e. The molecule has 1 aromatic rings. The normalized spacial score (nSPS) is 15.0. The Labute approximate surface area is 133 Å². The topological polar surface area (TPSA) is 49.9 Å². The lowest BCUT2D eigenvalue weighted by Crippen LogP contribution is -2.48. The van der Waals surface area contributed by atoms with Crippen LogP contribution in [0.3, 0.4) is 0 Å². The molecule has 0 unspecified atom stereocenters. The van der Waals surface area contributed by atoms with Gasteiger partial charge in [0.15, 0.2) is 0 Å². The first-order chi connectivity index (χ1) is 10.1. The summed E-state index contributed by atoms with van der Waals surface area (Å²) in [7, 11) is 1.57. The molecule has 1 fully saturated rings. The number of methoxy groups -OCH3 is 1.